The van der Waals surface area contributed by atoms with Crippen LogP contribution in [0.5, 0.6) is 0 Å². The van der Waals surface area contributed by atoms with Gasteiger partial charge in [0, 0.05) is 12.8 Å². The quantitative estimate of drug-likeness (QED) is 0.275. The zero-order valence-electron chi connectivity index (χ0n) is 8.20. The monoisotopic (exact) mass is 268 g/mol. The van der Waals surface area contributed by atoms with Crippen LogP contribution < -0.4 is 0 Å². The summed E-state index contributed by atoms with van der Waals surface area (Å²) in [6.45, 7) is 0. The average molecular weight is 268 g/mol. The Morgan fingerprint density at radius 2 is 1.62 bits per heavy atom. The SMILES string of the molecule is O=C1CCC(=O)C1(SSCC(O)O)C(O)O. The molecule has 6 nitrogen and oxygen atoms in total. The van der Waals surface area contributed by atoms with Crippen molar-refractivity contribution in [1.82, 2.24) is 0 Å². The van der Waals surface area contributed by atoms with E-state index < -0.39 is 28.9 Å². The molecular formula is C8H12O6S2. The normalized spacial score (nSPS) is 20.1. The molecule has 0 saturated heterocycles. The van der Waals surface area contributed by atoms with Crippen LogP contribution in [-0.2, 0) is 9.59 Å². The number of carbonyl (C=O) groups excluding carboxylic acids is 2. The predicted molar refractivity (Wildman–Crippen MR) is 58.5 cm³/mol. The van der Waals surface area contributed by atoms with Gasteiger partial charge in [-0.1, -0.05) is 21.6 Å². The first-order valence-corrected chi connectivity index (χ1v) is 6.82. The molecule has 0 spiro atoms. The summed E-state index contributed by atoms with van der Waals surface area (Å²) in [7, 11) is 1.53. The highest BCUT2D eigenvalue weighted by Crippen LogP contribution is 2.44. The van der Waals surface area contributed by atoms with Crippen molar-refractivity contribution in [1.29, 1.82) is 0 Å². The number of aliphatic hydroxyl groups is 4. The fourth-order valence-corrected chi connectivity index (χ4v) is 4.16. The smallest absolute Gasteiger partial charge is 0.192 e. The number of hydrogen-bond donors (Lipinski definition) is 4. The molecule has 0 heterocycles. The van der Waals surface area contributed by atoms with Crippen LogP contribution >= 0.6 is 21.6 Å². The summed E-state index contributed by atoms with van der Waals surface area (Å²) in [5.41, 5.74) is 0. The fraction of sp³-hybridized carbons (Fsp3) is 0.750. The first kappa shape index (κ1) is 13.9. The molecule has 8 heteroatoms. The minimum absolute atomic E-state index is 0.00824. The molecule has 4 N–H and O–H groups in total. The minimum atomic E-state index is -2.07. The molecule has 0 aromatic carbocycles. The van der Waals surface area contributed by atoms with Gasteiger partial charge in [0.15, 0.2) is 28.9 Å². The molecule has 1 saturated carbocycles. The zero-order chi connectivity index (χ0) is 12.3. The molecule has 0 aromatic rings. The van der Waals surface area contributed by atoms with Crippen LogP contribution in [0.2, 0.25) is 0 Å². The standard InChI is InChI=1S/C8H12O6S2/c9-4-1-2-5(10)8(4,7(13)14)16-15-3-6(11)12/h6-7,11-14H,1-3H2. The summed E-state index contributed by atoms with van der Waals surface area (Å²) in [5.74, 6) is -1.19. The van der Waals surface area contributed by atoms with Gasteiger partial charge in [0.1, 0.15) is 0 Å². The second-order valence-electron chi connectivity index (χ2n) is 3.30. The largest absolute Gasteiger partial charge is 0.367 e. The van der Waals surface area contributed by atoms with Gasteiger partial charge in [-0.3, -0.25) is 9.59 Å². The highest BCUT2D eigenvalue weighted by molar-refractivity contribution is 8.77. The third-order valence-electron chi connectivity index (χ3n) is 2.18. The molecule has 1 fully saturated rings. The van der Waals surface area contributed by atoms with Crippen molar-refractivity contribution >= 4 is 33.2 Å². The van der Waals surface area contributed by atoms with Crippen LogP contribution in [0, 0.1) is 0 Å². The number of ketones is 2. The first-order chi connectivity index (χ1) is 7.41. The minimum Gasteiger partial charge on any atom is -0.367 e. The van der Waals surface area contributed by atoms with Crippen molar-refractivity contribution in [3.63, 3.8) is 0 Å². The summed E-state index contributed by atoms with van der Waals surface area (Å²) in [5, 5.41) is 35.5. The van der Waals surface area contributed by atoms with Gasteiger partial charge in [-0.05, 0) is 0 Å². The van der Waals surface area contributed by atoms with Gasteiger partial charge in [-0.2, -0.15) is 0 Å². The molecular weight excluding hydrogens is 256 g/mol. The Hall–Kier alpha value is -0.120. The van der Waals surface area contributed by atoms with E-state index in [-0.39, 0.29) is 18.6 Å². The van der Waals surface area contributed by atoms with Gasteiger partial charge in [-0.15, -0.1) is 0 Å². The van der Waals surface area contributed by atoms with Crippen LogP contribution in [0.15, 0.2) is 0 Å². The lowest BCUT2D eigenvalue weighted by Gasteiger charge is -2.26. The maximum atomic E-state index is 11.5. The van der Waals surface area contributed by atoms with Gasteiger partial charge in [0.2, 0.25) is 0 Å². The van der Waals surface area contributed by atoms with E-state index in [1.54, 1.807) is 0 Å². The zero-order valence-corrected chi connectivity index (χ0v) is 9.83. The highest BCUT2D eigenvalue weighted by Gasteiger charge is 2.55. The molecule has 0 aromatic heterocycles. The Bertz CT molecular complexity index is 274. The van der Waals surface area contributed by atoms with Gasteiger partial charge in [-0.25, -0.2) is 0 Å². The van der Waals surface area contributed by atoms with Crippen molar-refractivity contribution in [2.45, 2.75) is 30.2 Å². The first-order valence-electron chi connectivity index (χ1n) is 4.50. The molecule has 0 amide bonds. The molecule has 1 aliphatic carbocycles. The summed E-state index contributed by atoms with van der Waals surface area (Å²) in [6, 6.07) is 0. The van der Waals surface area contributed by atoms with E-state index in [0.717, 1.165) is 10.8 Å². The molecule has 0 unspecified atom stereocenters. The summed E-state index contributed by atoms with van der Waals surface area (Å²) in [4.78, 5) is 23.0. The molecule has 0 aliphatic heterocycles. The molecule has 0 atom stereocenters. The highest BCUT2D eigenvalue weighted by atomic mass is 33.1. The summed E-state index contributed by atoms with van der Waals surface area (Å²) in [6.07, 6.45) is -3.66. The van der Waals surface area contributed by atoms with E-state index in [0.29, 0.717) is 10.8 Å². The van der Waals surface area contributed by atoms with Crippen LogP contribution in [0.25, 0.3) is 0 Å². The lowest BCUT2D eigenvalue weighted by Crippen LogP contribution is -2.48. The van der Waals surface area contributed by atoms with Gasteiger partial charge < -0.3 is 20.4 Å². The maximum absolute atomic E-state index is 11.5. The van der Waals surface area contributed by atoms with Crippen molar-refractivity contribution in [3.05, 3.63) is 0 Å². The third-order valence-corrected chi connectivity index (χ3v) is 5.21. The van der Waals surface area contributed by atoms with Crippen LogP contribution in [0.3, 0.4) is 0 Å². The number of hydrogen-bond acceptors (Lipinski definition) is 8. The number of Topliss-reactive ketones (excluding diaryl/α,β-unsaturated/α-hetero) is 2. The Labute approximate surface area is 99.4 Å². The summed E-state index contributed by atoms with van der Waals surface area (Å²) < 4.78 is -1.86. The van der Waals surface area contributed by atoms with Crippen molar-refractivity contribution in [2.24, 2.45) is 0 Å². The van der Waals surface area contributed by atoms with Crippen molar-refractivity contribution in [3.8, 4) is 0 Å². The lowest BCUT2D eigenvalue weighted by molar-refractivity contribution is -0.140. The molecule has 1 aliphatic rings. The van der Waals surface area contributed by atoms with E-state index >= 15 is 0 Å². The lowest BCUT2D eigenvalue weighted by atomic mass is 10.1. The van der Waals surface area contributed by atoms with Crippen molar-refractivity contribution in [2.75, 3.05) is 5.75 Å². The molecule has 92 valence electrons. The molecule has 1 rings (SSSR count). The van der Waals surface area contributed by atoms with E-state index in [2.05, 4.69) is 0 Å². The second-order valence-corrected chi connectivity index (χ2v) is 5.89. The van der Waals surface area contributed by atoms with Crippen LogP contribution in [-0.4, -0.2) is 55.1 Å². The topological polar surface area (TPSA) is 115 Å². The Morgan fingerprint density at radius 1 is 1.12 bits per heavy atom. The van der Waals surface area contributed by atoms with E-state index in [1.807, 2.05) is 0 Å². The molecule has 16 heavy (non-hydrogen) atoms. The van der Waals surface area contributed by atoms with E-state index in [1.165, 1.54) is 0 Å². The Morgan fingerprint density at radius 3 is 2.00 bits per heavy atom. The fourth-order valence-electron chi connectivity index (χ4n) is 1.37. The molecule has 0 radical (unpaired) electrons. The predicted octanol–water partition coefficient (Wildman–Crippen LogP) is -1.34. The Balaban J connectivity index is 2.73. The number of aliphatic hydroxyl groups excluding tert-OH is 2. The maximum Gasteiger partial charge on any atom is 0.192 e. The van der Waals surface area contributed by atoms with E-state index in [9.17, 15) is 9.59 Å². The number of rotatable bonds is 5. The van der Waals surface area contributed by atoms with Crippen molar-refractivity contribution < 1.29 is 30.0 Å². The van der Waals surface area contributed by atoms with Crippen LogP contribution in [0.4, 0.5) is 0 Å². The third kappa shape index (κ3) is 2.58. The summed E-state index contributed by atoms with van der Waals surface area (Å²) >= 11 is 0. The average Bonchev–Trinajstić information content (AvgIpc) is 2.45. The van der Waals surface area contributed by atoms with Crippen LogP contribution in [0.1, 0.15) is 12.8 Å². The number of carbonyl (C=O) groups is 2. The van der Waals surface area contributed by atoms with Gasteiger partial charge in [0.25, 0.3) is 0 Å². The van der Waals surface area contributed by atoms with E-state index in [4.69, 9.17) is 20.4 Å². The molecule has 0 bridgehead atoms. The van der Waals surface area contributed by atoms with Gasteiger partial charge >= 0.3 is 0 Å². The Kier molecular flexibility index (Phi) is 4.77. The second kappa shape index (κ2) is 5.48. The van der Waals surface area contributed by atoms with Gasteiger partial charge in [0.05, 0.1) is 5.75 Å².